The average molecular weight is 332 g/mol. The SMILES string of the molecule is O=C1Nc2ccccc2/C1=c1/[nH]c(=O)/c(=C\c2ccncc2)[nH]c1=O. The zero-order valence-electron chi connectivity index (χ0n) is 12.9. The summed E-state index contributed by atoms with van der Waals surface area (Å²) in [5.74, 6) is -0.423. The van der Waals surface area contributed by atoms with Crippen LogP contribution in [0.1, 0.15) is 11.1 Å². The number of rotatable bonds is 1. The van der Waals surface area contributed by atoms with E-state index in [-0.39, 0.29) is 16.3 Å². The van der Waals surface area contributed by atoms with E-state index in [0.29, 0.717) is 11.3 Å². The minimum atomic E-state index is -0.540. The van der Waals surface area contributed by atoms with Crippen LogP contribution >= 0.6 is 0 Å². The molecule has 1 aromatic carbocycles. The third-order valence-electron chi connectivity index (χ3n) is 3.90. The van der Waals surface area contributed by atoms with Crippen molar-refractivity contribution in [2.75, 3.05) is 5.32 Å². The second-order valence-corrected chi connectivity index (χ2v) is 5.50. The standard InChI is InChI=1S/C18H12N4O3/c23-16-13(9-10-5-7-19-8-6-10)21-18(25)15(22-16)14-11-3-1-2-4-12(11)20-17(14)24/h1-9H,(H,20,24)(H,21,25)(H,22,23)/b13-9+,15-14-. The molecule has 0 saturated heterocycles. The summed E-state index contributed by atoms with van der Waals surface area (Å²) < 4.78 is 0. The van der Waals surface area contributed by atoms with Crippen LogP contribution in [0.5, 0.6) is 0 Å². The molecular formula is C18H12N4O3. The molecule has 0 aliphatic carbocycles. The van der Waals surface area contributed by atoms with Gasteiger partial charge in [-0.3, -0.25) is 19.4 Å². The Kier molecular flexibility index (Phi) is 3.39. The molecule has 0 bridgehead atoms. The van der Waals surface area contributed by atoms with E-state index >= 15 is 0 Å². The molecule has 25 heavy (non-hydrogen) atoms. The zero-order chi connectivity index (χ0) is 17.4. The van der Waals surface area contributed by atoms with Crippen LogP contribution in [0.3, 0.4) is 0 Å². The van der Waals surface area contributed by atoms with Crippen molar-refractivity contribution in [1.29, 1.82) is 0 Å². The summed E-state index contributed by atoms with van der Waals surface area (Å²) in [5, 5.41) is 2.73. The summed E-state index contributed by atoms with van der Waals surface area (Å²) in [6, 6.07) is 10.4. The first-order valence-corrected chi connectivity index (χ1v) is 7.53. The Bertz CT molecular complexity index is 1220. The van der Waals surface area contributed by atoms with Crippen molar-refractivity contribution in [2.45, 2.75) is 0 Å². The summed E-state index contributed by atoms with van der Waals surface area (Å²) in [6.45, 7) is 0. The maximum atomic E-state index is 12.5. The summed E-state index contributed by atoms with van der Waals surface area (Å²) in [4.78, 5) is 46.0. The van der Waals surface area contributed by atoms with Gasteiger partial charge >= 0.3 is 0 Å². The van der Waals surface area contributed by atoms with Gasteiger partial charge in [0.2, 0.25) is 0 Å². The quantitative estimate of drug-likeness (QED) is 0.555. The Hall–Kier alpha value is -3.74. The highest BCUT2D eigenvalue weighted by atomic mass is 16.2. The molecule has 0 spiro atoms. The number of H-pyrrole nitrogens is 2. The number of hydrogen-bond donors (Lipinski definition) is 3. The molecule has 7 nitrogen and oxygen atoms in total. The Labute approximate surface area is 140 Å². The fourth-order valence-electron chi connectivity index (χ4n) is 2.75. The van der Waals surface area contributed by atoms with Gasteiger partial charge in [0.05, 0.1) is 5.57 Å². The third-order valence-corrected chi connectivity index (χ3v) is 3.90. The molecule has 0 radical (unpaired) electrons. The van der Waals surface area contributed by atoms with E-state index in [1.165, 1.54) is 0 Å². The predicted molar refractivity (Wildman–Crippen MR) is 92.3 cm³/mol. The average Bonchev–Trinajstić information content (AvgIpc) is 2.94. The molecule has 3 N–H and O–H groups in total. The van der Waals surface area contributed by atoms with Crippen molar-refractivity contribution >= 4 is 23.2 Å². The van der Waals surface area contributed by atoms with Crippen molar-refractivity contribution in [3.8, 4) is 0 Å². The highest BCUT2D eigenvalue weighted by Crippen LogP contribution is 2.28. The van der Waals surface area contributed by atoms with Crippen molar-refractivity contribution < 1.29 is 4.79 Å². The van der Waals surface area contributed by atoms with Crippen LogP contribution in [-0.2, 0) is 4.79 Å². The molecule has 1 amide bonds. The number of amides is 1. The second-order valence-electron chi connectivity index (χ2n) is 5.50. The lowest BCUT2D eigenvalue weighted by molar-refractivity contribution is -0.110. The molecule has 1 aliphatic rings. The first-order chi connectivity index (χ1) is 12.1. The minimum absolute atomic E-state index is 0.0562. The smallest absolute Gasteiger partial charge is 0.273 e. The molecule has 0 saturated carbocycles. The Morgan fingerprint density at radius 2 is 1.64 bits per heavy atom. The number of nitrogens with one attached hydrogen (secondary N) is 3. The molecule has 4 rings (SSSR count). The van der Waals surface area contributed by atoms with Crippen molar-refractivity contribution in [2.24, 2.45) is 0 Å². The molecule has 2 aromatic heterocycles. The van der Waals surface area contributed by atoms with Gasteiger partial charge in [-0.25, -0.2) is 0 Å². The van der Waals surface area contributed by atoms with Crippen LogP contribution in [0.15, 0.2) is 58.4 Å². The Morgan fingerprint density at radius 3 is 2.44 bits per heavy atom. The molecule has 1 aliphatic heterocycles. The van der Waals surface area contributed by atoms with Crippen molar-refractivity contribution in [3.05, 3.63) is 91.3 Å². The number of aromatic nitrogens is 3. The van der Waals surface area contributed by atoms with Gasteiger partial charge in [0.25, 0.3) is 17.0 Å². The second kappa shape index (κ2) is 5.72. The van der Waals surface area contributed by atoms with Crippen molar-refractivity contribution in [1.82, 2.24) is 15.0 Å². The molecule has 0 atom stereocenters. The summed E-state index contributed by atoms with van der Waals surface area (Å²) in [6.07, 6.45) is 4.71. The van der Waals surface area contributed by atoms with Gasteiger partial charge in [0.1, 0.15) is 10.7 Å². The number of aromatic amines is 2. The number of fused-ring (bicyclic) bond motifs is 1. The van der Waals surface area contributed by atoms with Gasteiger partial charge in [-0.05, 0) is 29.8 Å². The molecule has 3 aromatic rings. The third kappa shape index (κ3) is 2.57. The predicted octanol–water partition coefficient (Wildman–Crippen LogP) is -0.562. The maximum absolute atomic E-state index is 12.5. The van der Waals surface area contributed by atoms with Gasteiger partial charge in [-0.2, -0.15) is 0 Å². The number of pyridine rings is 1. The molecular weight excluding hydrogens is 320 g/mol. The van der Waals surface area contributed by atoms with Crippen LogP contribution in [0.4, 0.5) is 5.69 Å². The number of benzene rings is 1. The normalized spacial score (nSPS) is 15.8. The fourth-order valence-corrected chi connectivity index (χ4v) is 2.75. The fraction of sp³-hybridized carbons (Fsp3) is 0. The van der Waals surface area contributed by atoms with Gasteiger partial charge < -0.3 is 15.3 Å². The Balaban J connectivity index is 2.00. The number of para-hydroxylation sites is 1. The molecule has 3 heterocycles. The highest BCUT2D eigenvalue weighted by Gasteiger charge is 2.25. The summed E-state index contributed by atoms with van der Waals surface area (Å²) >= 11 is 0. The Morgan fingerprint density at radius 1 is 0.880 bits per heavy atom. The first-order valence-electron chi connectivity index (χ1n) is 7.53. The largest absolute Gasteiger partial charge is 0.321 e. The topological polar surface area (TPSA) is 108 Å². The first kappa shape index (κ1) is 14.8. The van der Waals surface area contributed by atoms with E-state index in [4.69, 9.17) is 0 Å². The highest BCUT2D eigenvalue weighted by molar-refractivity contribution is 6.31. The van der Waals surface area contributed by atoms with Crippen LogP contribution in [0.2, 0.25) is 0 Å². The number of hydrogen-bond acceptors (Lipinski definition) is 4. The van der Waals surface area contributed by atoms with Gasteiger partial charge in [0.15, 0.2) is 0 Å². The number of nitrogens with zero attached hydrogens (tertiary/aromatic N) is 1. The van der Waals surface area contributed by atoms with E-state index in [2.05, 4.69) is 20.3 Å². The lowest BCUT2D eigenvalue weighted by Gasteiger charge is -1.97. The number of carbonyl (C=O) groups is 1. The van der Waals surface area contributed by atoms with Crippen molar-refractivity contribution in [3.63, 3.8) is 0 Å². The summed E-state index contributed by atoms with van der Waals surface area (Å²) in [5.41, 5.74) is 1.04. The van der Waals surface area contributed by atoms with E-state index < -0.39 is 17.0 Å². The lowest BCUT2D eigenvalue weighted by Crippen LogP contribution is -2.48. The lowest BCUT2D eigenvalue weighted by atomic mass is 10.1. The minimum Gasteiger partial charge on any atom is -0.321 e. The van der Waals surface area contributed by atoms with Crippen LogP contribution in [0, 0.1) is 0 Å². The monoisotopic (exact) mass is 332 g/mol. The molecule has 0 fully saturated rings. The van der Waals surface area contributed by atoms with Crippen LogP contribution in [-0.4, -0.2) is 20.9 Å². The van der Waals surface area contributed by atoms with Crippen LogP contribution < -0.4 is 27.1 Å². The van der Waals surface area contributed by atoms with Gasteiger partial charge in [0, 0.05) is 23.6 Å². The van der Waals surface area contributed by atoms with E-state index in [9.17, 15) is 14.4 Å². The van der Waals surface area contributed by atoms with E-state index in [1.807, 2.05) is 0 Å². The van der Waals surface area contributed by atoms with E-state index in [1.54, 1.807) is 54.9 Å². The number of carbonyl (C=O) groups excluding carboxylic acids is 1. The molecule has 122 valence electrons. The van der Waals surface area contributed by atoms with E-state index in [0.717, 1.165) is 5.56 Å². The zero-order valence-corrected chi connectivity index (χ0v) is 12.9. The maximum Gasteiger partial charge on any atom is 0.273 e. The number of anilines is 1. The van der Waals surface area contributed by atoms with Gasteiger partial charge in [-0.15, -0.1) is 0 Å². The van der Waals surface area contributed by atoms with Gasteiger partial charge in [-0.1, -0.05) is 18.2 Å². The van der Waals surface area contributed by atoms with Crippen LogP contribution in [0.25, 0.3) is 11.6 Å². The summed E-state index contributed by atoms with van der Waals surface area (Å²) in [7, 11) is 0. The molecule has 0 unspecified atom stereocenters. The molecule has 7 heteroatoms.